The lowest BCUT2D eigenvalue weighted by Crippen LogP contribution is -2.08. The number of hydrogen-bond acceptors (Lipinski definition) is 4. The lowest BCUT2D eigenvalue weighted by atomic mass is 9.91. The predicted molar refractivity (Wildman–Crippen MR) is 74.8 cm³/mol. The fraction of sp³-hybridized carbons (Fsp3) is 0.200. The molecular formula is C15H10F3N5. The van der Waals surface area contributed by atoms with Crippen molar-refractivity contribution in [1.29, 1.82) is 5.26 Å². The first-order valence-corrected chi connectivity index (χ1v) is 6.72. The van der Waals surface area contributed by atoms with Crippen LogP contribution >= 0.6 is 0 Å². The molecule has 5 nitrogen and oxygen atoms in total. The number of alkyl halides is 3. The monoisotopic (exact) mass is 317 g/mol. The number of halogens is 3. The van der Waals surface area contributed by atoms with Crippen LogP contribution in [0, 0.1) is 11.3 Å². The fourth-order valence-corrected chi connectivity index (χ4v) is 2.35. The van der Waals surface area contributed by atoms with Gasteiger partial charge in [0.2, 0.25) is 0 Å². The molecule has 1 unspecified atom stereocenters. The Morgan fingerprint density at radius 1 is 1.26 bits per heavy atom. The van der Waals surface area contributed by atoms with E-state index in [1.165, 1.54) is 6.07 Å². The average molecular weight is 317 g/mol. The molecule has 2 aromatic heterocycles. The number of hydrogen-bond donors (Lipinski definition) is 1. The lowest BCUT2D eigenvalue weighted by Gasteiger charge is -2.16. The molecule has 2 aromatic rings. The Morgan fingerprint density at radius 3 is 2.74 bits per heavy atom. The molecule has 0 spiro atoms. The Hall–Kier alpha value is -2.95. The minimum atomic E-state index is -4.40. The number of rotatable bonds is 2. The second-order valence-corrected chi connectivity index (χ2v) is 4.97. The molecule has 116 valence electrons. The standard InChI is InChI=1S/C15H10F3N5/c16-15(17,18)11-4-5-12(20-8-11)9-2-1-3-10(6-9)14-13(7-19)21-23-22-14/h1,3-6,8-9H,2H2,(H,21,22,23). The number of aromatic nitrogens is 4. The first-order chi connectivity index (χ1) is 11.0. The molecule has 1 aliphatic rings. The van der Waals surface area contributed by atoms with Gasteiger partial charge in [-0.05, 0) is 18.6 Å². The van der Waals surface area contributed by atoms with Crippen molar-refractivity contribution in [2.45, 2.75) is 18.5 Å². The van der Waals surface area contributed by atoms with Crippen molar-refractivity contribution in [2.75, 3.05) is 0 Å². The smallest absolute Gasteiger partial charge is 0.260 e. The summed E-state index contributed by atoms with van der Waals surface area (Å²) < 4.78 is 37.7. The third-order valence-corrected chi connectivity index (χ3v) is 3.49. The Labute approximate surface area is 129 Å². The van der Waals surface area contributed by atoms with Crippen molar-refractivity contribution in [3.8, 4) is 6.07 Å². The van der Waals surface area contributed by atoms with Crippen LogP contribution in [0.25, 0.3) is 5.57 Å². The van der Waals surface area contributed by atoms with Crippen molar-refractivity contribution in [1.82, 2.24) is 20.4 Å². The fourth-order valence-electron chi connectivity index (χ4n) is 2.35. The summed E-state index contributed by atoms with van der Waals surface area (Å²) in [6.45, 7) is 0. The van der Waals surface area contributed by atoms with Crippen molar-refractivity contribution in [3.05, 3.63) is 59.2 Å². The molecule has 2 heterocycles. The molecule has 0 aliphatic heterocycles. The maximum absolute atomic E-state index is 12.6. The normalized spacial score (nSPS) is 17.7. The molecule has 0 radical (unpaired) electrons. The van der Waals surface area contributed by atoms with Crippen LogP contribution in [0.4, 0.5) is 13.2 Å². The Morgan fingerprint density at radius 2 is 2.09 bits per heavy atom. The average Bonchev–Trinajstić information content (AvgIpc) is 3.03. The number of nitriles is 1. The summed E-state index contributed by atoms with van der Waals surface area (Å²) in [5.74, 6) is -0.180. The summed E-state index contributed by atoms with van der Waals surface area (Å²) in [7, 11) is 0. The molecule has 0 bridgehead atoms. The molecule has 23 heavy (non-hydrogen) atoms. The molecule has 3 rings (SSSR count). The number of pyridine rings is 1. The number of aromatic amines is 1. The summed E-state index contributed by atoms with van der Waals surface area (Å²) >= 11 is 0. The summed E-state index contributed by atoms with van der Waals surface area (Å²) in [4.78, 5) is 3.92. The van der Waals surface area contributed by atoms with E-state index in [-0.39, 0.29) is 11.6 Å². The molecule has 0 amide bonds. The van der Waals surface area contributed by atoms with Crippen LogP contribution in [-0.2, 0) is 6.18 Å². The number of allylic oxidation sites excluding steroid dienone is 4. The zero-order valence-corrected chi connectivity index (χ0v) is 11.7. The van der Waals surface area contributed by atoms with Crippen LogP contribution in [0.1, 0.15) is 35.0 Å². The van der Waals surface area contributed by atoms with Gasteiger partial charge in [0.25, 0.3) is 0 Å². The Balaban J connectivity index is 1.90. The molecule has 1 N–H and O–H groups in total. The van der Waals surface area contributed by atoms with Crippen LogP contribution in [0.15, 0.2) is 36.6 Å². The minimum Gasteiger partial charge on any atom is -0.260 e. The van der Waals surface area contributed by atoms with Crippen molar-refractivity contribution >= 4 is 5.57 Å². The van der Waals surface area contributed by atoms with Crippen molar-refractivity contribution in [2.24, 2.45) is 0 Å². The van der Waals surface area contributed by atoms with Crippen molar-refractivity contribution in [3.63, 3.8) is 0 Å². The molecular weight excluding hydrogens is 307 g/mol. The highest BCUT2D eigenvalue weighted by molar-refractivity contribution is 5.75. The van der Waals surface area contributed by atoms with Gasteiger partial charge in [0.1, 0.15) is 11.8 Å². The van der Waals surface area contributed by atoms with E-state index < -0.39 is 11.7 Å². The number of nitrogens with one attached hydrogen (secondary N) is 1. The molecule has 0 aromatic carbocycles. The van der Waals surface area contributed by atoms with E-state index in [0.717, 1.165) is 12.3 Å². The van der Waals surface area contributed by atoms with E-state index >= 15 is 0 Å². The van der Waals surface area contributed by atoms with Gasteiger partial charge in [0.15, 0.2) is 5.69 Å². The molecule has 0 saturated heterocycles. The minimum absolute atomic E-state index is 0.168. The van der Waals surface area contributed by atoms with Gasteiger partial charge in [0.05, 0.1) is 5.56 Å². The summed E-state index contributed by atoms with van der Waals surface area (Å²) in [5.41, 5.74) is 1.03. The number of nitrogens with zero attached hydrogens (tertiary/aromatic N) is 4. The largest absolute Gasteiger partial charge is 0.417 e. The summed E-state index contributed by atoms with van der Waals surface area (Å²) in [6.07, 6.45) is 2.55. The van der Waals surface area contributed by atoms with Crippen LogP contribution in [0.3, 0.4) is 0 Å². The van der Waals surface area contributed by atoms with Gasteiger partial charge in [-0.15, -0.1) is 5.10 Å². The van der Waals surface area contributed by atoms with Gasteiger partial charge < -0.3 is 0 Å². The first kappa shape index (κ1) is 15.0. The van der Waals surface area contributed by atoms with Gasteiger partial charge in [-0.3, -0.25) is 4.98 Å². The third kappa shape index (κ3) is 2.99. The quantitative estimate of drug-likeness (QED) is 0.922. The Kier molecular flexibility index (Phi) is 3.70. The van der Waals surface area contributed by atoms with Crippen molar-refractivity contribution < 1.29 is 13.2 Å². The number of H-pyrrole nitrogens is 1. The molecule has 0 fully saturated rings. The SMILES string of the molecule is N#Cc1n[nH]nc1C1=CC(c2ccc(C(F)(F)F)cn2)CC=C1. The zero-order valence-electron chi connectivity index (χ0n) is 11.7. The zero-order chi connectivity index (χ0) is 16.4. The van der Waals surface area contributed by atoms with Crippen LogP contribution in [0.2, 0.25) is 0 Å². The highest BCUT2D eigenvalue weighted by Crippen LogP contribution is 2.33. The van der Waals surface area contributed by atoms with Gasteiger partial charge >= 0.3 is 6.18 Å². The van der Waals surface area contributed by atoms with Gasteiger partial charge in [-0.2, -0.15) is 28.7 Å². The van der Waals surface area contributed by atoms with Gasteiger partial charge in [-0.1, -0.05) is 18.2 Å². The second-order valence-electron chi connectivity index (χ2n) is 4.97. The second kappa shape index (κ2) is 5.68. The molecule has 0 saturated carbocycles. The van der Waals surface area contributed by atoms with E-state index in [2.05, 4.69) is 20.4 Å². The summed E-state index contributed by atoms with van der Waals surface area (Å²) in [5, 5.41) is 19.0. The highest BCUT2D eigenvalue weighted by atomic mass is 19.4. The first-order valence-electron chi connectivity index (χ1n) is 6.72. The van der Waals surface area contributed by atoms with E-state index in [0.29, 0.717) is 23.4 Å². The van der Waals surface area contributed by atoms with E-state index in [4.69, 9.17) is 5.26 Å². The predicted octanol–water partition coefficient (Wildman–Crippen LogP) is 3.22. The van der Waals surface area contributed by atoms with Crippen LogP contribution in [-0.4, -0.2) is 20.4 Å². The maximum atomic E-state index is 12.6. The topological polar surface area (TPSA) is 78.2 Å². The molecule has 1 atom stereocenters. The lowest BCUT2D eigenvalue weighted by molar-refractivity contribution is -0.137. The molecule has 1 aliphatic carbocycles. The molecule has 8 heteroatoms. The van der Waals surface area contributed by atoms with Gasteiger partial charge in [-0.25, -0.2) is 0 Å². The van der Waals surface area contributed by atoms with E-state index in [1.807, 2.05) is 18.2 Å². The van der Waals surface area contributed by atoms with Crippen LogP contribution < -0.4 is 0 Å². The highest BCUT2D eigenvalue weighted by Gasteiger charge is 2.31. The van der Waals surface area contributed by atoms with E-state index in [9.17, 15) is 13.2 Å². The summed E-state index contributed by atoms with van der Waals surface area (Å²) in [6, 6.07) is 4.32. The van der Waals surface area contributed by atoms with E-state index in [1.54, 1.807) is 6.08 Å². The third-order valence-electron chi connectivity index (χ3n) is 3.49. The Bertz CT molecular complexity index is 809. The van der Waals surface area contributed by atoms with Crippen LogP contribution in [0.5, 0.6) is 0 Å². The van der Waals surface area contributed by atoms with Gasteiger partial charge in [0, 0.05) is 23.4 Å². The maximum Gasteiger partial charge on any atom is 0.417 e.